The average molecular weight is 444 g/mol. The van der Waals surface area contributed by atoms with E-state index in [1.165, 1.54) is 11.0 Å². The number of hydrogen-bond donors (Lipinski definition) is 0. The van der Waals surface area contributed by atoms with Crippen molar-refractivity contribution in [1.29, 1.82) is 0 Å². The van der Waals surface area contributed by atoms with Gasteiger partial charge in [0.15, 0.2) is 0 Å². The first-order valence-corrected chi connectivity index (χ1v) is 7.87. The molecule has 0 amide bonds. The molecule has 0 unspecified atom stereocenters. The molecule has 2 rings (SSSR count). The largest absolute Gasteiger partial charge is 0.494 e. The van der Waals surface area contributed by atoms with Crippen LogP contribution in [0.4, 0.5) is 8.78 Å². The molecular weight excluding hydrogens is 425 g/mol. The van der Waals surface area contributed by atoms with Gasteiger partial charge in [-0.1, -0.05) is 17.8 Å². The van der Waals surface area contributed by atoms with Crippen LogP contribution in [-0.4, -0.2) is 38.2 Å². The van der Waals surface area contributed by atoms with Crippen LogP contribution in [0.2, 0.25) is 0 Å². The van der Waals surface area contributed by atoms with Crippen molar-refractivity contribution in [3.63, 3.8) is 0 Å². The number of halogens is 3. The molecule has 1 heterocycles. The summed E-state index contributed by atoms with van der Waals surface area (Å²) in [6.07, 6.45) is 2.77. The number of hydrogen-bond acceptors (Lipinski definition) is 3. The summed E-state index contributed by atoms with van der Waals surface area (Å²) in [5.74, 6) is 0.707. The molecule has 0 aliphatic carbocycles. The second kappa shape index (κ2) is 11.1. The smallest absolute Gasteiger partial charge is 0.256 e. The van der Waals surface area contributed by atoms with Crippen LogP contribution in [-0.2, 0) is 37.4 Å². The van der Waals surface area contributed by atoms with Gasteiger partial charge in [-0.3, -0.25) is 0 Å². The van der Waals surface area contributed by atoms with E-state index >= 15 is 0 Å². The number of rotatable bonds is 8. The van der Waals surface area contributed by atoms with Crippen LogP contribution in [0.1, 0.15) is 12.0 Å². The Bertz CT molecular complexity index is 632. The van der Waals surface area contributed by atoms with E-state index in [2.05, 4.69) is 12.7 Å². The summed E-state index contributed by atoms with van der Waals surface area (Å²) in [6.45, 7) is 4.48. The number of alkyl halides is 2. The third-order valence-electron chi connectivity index (χ3n) is 3.42. The molecule has 0 fully saturated rings. The monoisotopic (exact) mass is 443 g/mol. The van der Waals surface area contributed by atoms with E-state index in [4.69, 9.17) is 21.1 Å². The fourth-order valence-corrected chi connectivity index (χ4v) is 2.39. The van der Waals surface area contributed by atoms with Crippen LogP contribution in [0.3, 0.4) is 0 Å². The first kappa shape index (κ1) is 22.3. The van der Waals surface area contributed by atoms with Crippen molar-refractivity contribution >= 4 is 17.3 Å². The second-order valence-corrected chi connectivity index (χ2v) is 5.56. The minimum absolute atomic E-state index is 0. The molecular formula is C18H19ClF2NO2Y-. The van der Waals surface area contributed by atoms with Crippen molar-refractivity contribution in [2.45, 2.75) is 12.8 Å². The minimum atomic E-state index is -2.51. The zero-order valence-electron chi connectivity index (χ0n) is 14.0. The van der Waals surface area contributed by atoms with Gasteiger partial charge < -0.3 is 14.4 Å². The zero-order chi connectivity index (χ0) is 17.5. The Morgan fingerprint density at radius 3 is 2.52 bits per heavy atom. The van der Waals surface area contributed by atoms with Gasteiger partial charge >= 0.3 is 0 Å². The van der Waals surface area contributed by atoms with E-state index in [1.807, 2.05) is 0 Å². The second-order valence-electron chi connectivity index (χ2n) is 5.15. The number of methoxy groups -OCH3 is 1. The van der Waals surface area contributed by atoms with E-state index < -0.39 is 13.0 Å². The molecule has 3 nitrogen and oxygen atoms in total. The van der Waals surface area contributed by atoms with E-state index in [0.29, 0.717) is 35.4 Å². The molecule has 1 aromatic carbocycles. The Hall–Kier alpha value is -0.746. The third-order valence-corrected chi connectivity index (χ3v) is 3.74. The number of benzene rings is 1. The summed E-state index contributed by atoms with van der Waals surface area (Å²) in [5.41, 5.74) is 1.59. The molecule has 7 heteroatoms. The van der Waals surface area contributed by atoms with Crippen molar-refractivity contribution in [3.05, 3.63) is 59.3 Å². The van der Waals surface area contributed by atoms with E-state index in [-0.39, 0.29) is 32.7 Å². The molecule has 1 radical (unpaired) electrons. The van der Waals surface area contributed by atoms with Gasteiger partial charge in [0.25, 0.3) is 6.43 Å². The summed E-state index contributed by atoms with van der Waals surface area (Å²) in [4.78, 5) is 1.38. The third kappa shape index (κ3) is 6.48. The van der Waals surface area contributed by atoms with E-state index in [1.54, 1.807) is 31.4 Å². The van der Waals surface area contributed by atoms with Gasteiger partial charge in [-0.2, -0.15) is 23.8 Å². The molecule has 0 N–H and O–H groups in total. The SMILES string of the molecule is C=C1C(Cl)=C[C-]=C(c2ccc(OCCCOC)cc2)N1CC(F)F.[Y]. The van der Waals surface area contributed by atoms with Gasteiger partial charge in [-0.25, -0.2) is 8.78 Å². The number of nitrogens with zero attached hydrogens (tertiary/aromatic N) is 1. The Morgan fingerprint density at radius 1 is 1.24 bits per heavy atom. The Balaban J connectivity index is 0.00000312. The van der Waals surface area contributed by atoms with Gasteiger partial charge in [0, 0.05) is 52.8 Å². The summed E-state index contributed by atoms with van der Waals surface area (Å²) >= 11 is 5.98. The maximum atomic E-state index is 12.9. The van der Waals surface area contributed by atoms with E-state index in [9.17, 15) is 8.78 Å². The van der Waals surface area contributed by atoms with Gasteiger partial charge in [-0.05, 0) is 22.9 Å². The minimum Gasteiger partial charge on any atom is -0.494 e. The zero-order valence-corrected chi connectivity index (χ0v) is 17.6. The summed E-state index contributed by atoms with van der Waals surface area (Å²) < 4.78 is 36.3. The molecule has 1 aliphatic rings. The van der Waals surface area contributed by atoms with E-state index in [0.717, 1.165) is 12.0 Å². The normalized spacial score (nSPS) is 14.1. The molecule has 0 spiro atoms. The van der Waals surface area contributed by atoms with Crippen molar-refractivity contribution in [3.8, 4) is 5.75 Å². The van der Waals surface area contributed by atoms with Crippen LogP contribution >= 0.6 is 11.6 Å². The van der Waals surface area contributed by atoms with Crippen LogP contribution in [0.15, 0.2) is 47.6 Å². The van der Waals surface area contributed by atoms with Crippen LogP contribution in [0, 0.1) is 6.08 Å². The predicted molar refractivity (Wildman–Crippen MR) is 90.9 cm³/mol. The summed E-state index contributed by atoms with van der Waals surface area (Å²) in [5, 5.41) is 0.303. The molecule has 133 valence electrons. The van der Waals surface area contributed by atoms with Crippen molar-refractivity contribution in [2.24, 2.45) is 0 Å². The molecule has 0 saturated carbocycles. The van der Waals surface area contributed by atoms with Gasteiger partial charge in [0.1, 0.15) is 5.75 Å². The topological polar surface area (TPSA) is 21.7 Å². The maximum absolute atomic E-state index is 12.9. The molecule has 25 heavy (non-hydrogen) atoms. The number of allylic oxidation sites excluding steroid dienone is 3. The summed E-state index contributed by atoms with van der Waals surface area (Å²) in [7, 11) is 1.64. The number of ether oxygens (including phenoxy) is 2. The Morgan fingerprint density at radius 2 is 1.92 bits per heavy atom. The molecule has 0 atom stereocenters. The molecule has 1 aromatic rings. The van der Waals surface area contributed by atoms with Crippen LogP contribution in [0.25, 0.3) is 5.70 Å². The van der Waals surface area contributed by atoms with Crippen molar-refractivity contribution in [2.75, 3.05) is 26.9 Å². The average Bonchev–Trinajstić information content (AvgIpc) is 2.56. The van der Waals surface area contributed by atoms with Crippen LogP contribution < -0.4 is 4.74 Å². The van der Waals surface area contributed by atoms with Gasteiger partial charge in [0.05, 0.1) is 13.2 Å². The fraction of sp³-hybridized carbons (Fsp3) is 0.333. The van der Waals surface area contributed by atoms with Crippen molar-refractivity contribution < 1.29 is 51.0 Å². The molecule has 1 aliphatic heterocycles. The molecule has 0 bridgehead atoms. The first-order chi connectivity index (χ1) is 11.5. The molecule has 0 aromatic heterocycles. The maximum Gasteiger partial charge on any atom is 0.256 e. The first-order valence-electron chi connectivity index (χ1n) is 7.49. The standard InChI is InChI=1S/C18H19ClF2NO2.Y/c1-13-16(19)8-9-17(22(13)12-18(20)21)14-4-6-15(7-5-14)24-11-3-10-23-2;/h4-8,18H,1,3,10-12H2,2H3;/q-1;. The van der Waals surface area contributed by atoms with Gasteiger partial charge in [0.2, 0.25) is 0 Å². The van der Waals surface area contributed by atoms with Crippen LogP contribution in [0.5, 0.6) is 5.75 Å². The Kier molecular flexibility index (Phi) is 9.87. The summed E-state index contributed by atoms with van der Waals surface area (Å²) in [6, 6.07) is 7.18. The Labute approximate surface area is 177 Å². The quantitative estimate of drug-likeness (QED) is 0.437. The van der Waals surface area contributed by atoms with Gasteiger partial charge in [-0.15, -0.1) is 12.1 Å². The predicted octanol–water partition coefficient (Wildman–Crippen LogP) is 4.46. The fourth-order valence-electron chi connectivity index (χ4n) is 2.24. The molecule has 0 saturated heterocycles. The van der Waals surface area contributed by atoms with Crippen molar-refractivity contribution in [1.82, 2.24) is 4.90 Å².